The molecule has 6 heteroatoms. The maximum atomic E-state index is 12.0. The maximum absolute atomic E-state index is 12.0. The van der Waals surface area contributed by atoms with Crippen LogP contribution < -0.4 is 10.6 Å². The number of hydrogen-bond acceptors (Lipinski definition) is 3. The summed E-state index contributed by atoms with van der Waals surface area (Å²) in [5, 5.41) is 16.4. The van der Waals surface area contributed by atoms with Gasteiger partial charge in [-0.05, 0) is 30.7 Å². The van der Waals surface area contributed by atoms with Gasteiger partial charge in [-0.3, -0.25) is 9.59 Å². The summed E-state index contributed by atoms with van der Waals surface area (Å²) in [5.41, 5.74) is 3.24. The van der Waals surface area contributed by atoms with Gasteiger partial charge in [0.15, 0.2) is 0 Å². The second-order valence-corrected chi connectivity index (χ2v) is 6.26. The highest BCUT2D eigenvalue weighted by Gasteiger charge is 2.18. The van der Waals surface area contributed by atoms with Crippen molar-refractivity contribution in [1.29, 1.82) is 0 Å². The highest BCUT2D eigenvalue weighted by Crippen LogP contribution is 2.25. The Hall–Kier alpha value is -3.12. The van der Waals surface area contributed by atoms with E-state index >= 15 is 0 Å². The van der Waals surface area contributed by atoms with Crippen LogP contribution in [0.3, 0.4) is 0 Å². The second kappa shape index (κ2) is 7.41. The summed E-state index contributed by atoms with van der Waals surface area (Å²) in [5.74, 6) is -1.55. The highest BCUT2D eigenvalue weighted by atomic mass is 16.3. The van der Waals surface area contributed by atoms with Crippen LogP contribution in [0.5, 0.6) is 0 Å². The van der Waals surface area contributed by atoms with Crippen LogP contribution in [0.15, 0.2) is 54.7 Å². The van der Waals surface area contributed by atoms with Crippen molar-refractivity contribution >= 4 is 28.4 Å². The average Bonchev–Trinajstić information content (AvgIpc) is 2.96. The molecule has 0 aliphatic carbocycles. The number of benzene rings is 2. The van der Waals surface area contributed by atoms with Crippen LogP contribution in [0.4, 0.5) is 5.69 Å². The van der Waals surface area contributed by atoms with Crippen LogP contribution in [-0.4, -0.2) is 28.0 Å². The molecular weight excluding hydrogens is 330 g/mol. The predicted octanol–water partition coefficient (Wildman–Crippen LogP) is 2.28. The Labute approximate surface area is 151 Å². The average molecular weight is 351 g/mol. The first kappa shape index (κ1) is 17.7. The first-order chi connectivity index (χ1) is 12.5. The lowest BCUT2D eigenvalue weighted by Crippen LogP contribution is -2.37. The SMILES string of the molecule is Cc1cccc(NC(=O)C(=O)NCC(O)c2cn(C)c3ccccc23)c1. The van der Waals surface area contributed by atoms with E-state index in [0.29, 0.717) is 11.3 Å². The molecule has 3 aromatic rings. The number of para-hydroxylation sites is 1. The summed E-state index contributed by atoms with van der Waals surface area (Å²) in [6, 6.07) is 14.9. The first-order valence-corrected chi connectivity index (χ1v) is 8.33. The molecule has 134 valence electrons. The second-order valence-electron chi connectivity index (χ2n) is 6.26. The molecule has 1 heterocycles. The Bertz CT molecular complexity index is 962. The number of aromatic nitrogens is 1. The zero-order chi connectivity index (χ0) is 18.7. The number of nitrogens with zero attached hydrogens (tertiary/aromatic N) is 1. The fourth-order valence-corrected chi connectivity index (χ4v) is 2.93. The summed E-state index contributed by atoms with van der Waals surface area (Å²) < 4.78 is 1.92. The Morgan fingerprint density at radius 3 is 2.65 bits per heavy atom. The predicted molar refractivity (Wildman–Crippen MR) is 101 cm³/mol. The molecule has 2 aromatic carbocycles. The monoisotopic (exact) mass is 351 g/mol. The number of aliphatic hydroxyl groups is 1. The topological polar surface area (TPSA) is 83.4 Å². The van der Waals surface area contributed by atoms with E-state index in [1.807, 2.05) is 55.1 Å². The molecule has 1 aromatic heterocycles. The van der Waals surface area contributed by atoms with Gasteiger partial charge in [0, 0.05) is 41.9 Å². The molecule has 0 spiro atoms. The van der Waals surface area contributed by atoms with Gasteiger partial charge in [0.25, 0.3) is 0 Å². The zero-order valence-corrected chi connectivity index (χ0v) is 14.7. The number of hydrogen-bond donors (Lipinski definition) is 3. The van der Waals surface area contributed by atoms with Gasteiger partial charge in [0.05, 0.1) is 6.10 Å². The molecule has 0 aliphatic heterocycles. The van der Waals surface area contributed by atoms with Crippen molar-refractivity contribution in [2.45, 2.75) is 13.0 Å². The molecule has 1 unspecified atom stereocenters. The third-order valence-corrected chi connectivity index (χ3v) is 4.22. The third-order valence-electron chi connectivity index (χ3n) is 4.22. The van der Waals surface area contributed by atoms with Gasteiger partial charge in [-0.25, -0.2) is 0 Å². The molecule has 3 rings (SSSR count). The molecule has 6 nitrogen and oxygen atoms in total. The molecule has 1 atom stereocenters. The number of carbonyl (C=O) groups is 2. The molecule has 0 bridgehead atoms. The number of fused-ring (bicyclic) bond motifs is 1. The van der Waals surface area contributed by atoms with E-state index in [-0.39, 0.29) is 6.54 Å². The van der Waals surface area contributed by atoms with Crippen molar-refractivity contribution in [3.63, 3.8) is 0 Å². The molecule has 2 amide bonds. The van der Waals surface area contributed by atoms with Crippen molar-refractivity contribution < 1.29 is 14.7 Å². The number of amides is 2. The Morgan fingerprint density at radius 2 is 1.88 bits per heavy atom. The number of aryl methyl sites for hydroxylation is 2. The summed E-state index contributed by atoms with van der Waals surface area (Å²) >= 11 is 0. The van der Waals surface area contributed by atoms with Crippen molar-refractivity contribution in [3.8, 4) is 0 Å². The van der Waals surface area contributed by atoms with Crippen molar-refractivity contribution in [2.24, 2.45) is 7.05 Å². The first-order valence-electron chi connectivity index (χ1n) is 8.33. The lowest BCUT2D eigenvalue weighted by molar-refractivity contribution is -0.136. The van der Waals surface area contributed by atoms with Gasteiger partial charge in [-0.15, -0.1) is 0 Å². The van der Waals surface area contributed by atoms with Crippen LogP contribution in [0.2, 0.25) is 0 Å². The van der Waals surface area contributed by atoms with Crippen LogP contribution >= 0.6 is 0 Å². The Kier molecular flexibility index (Phi) is 5.04. The lowest BCUT2D eigenvalue weighted by atomic mass is 10.1. The van der Waals surface area contributed by atoms with E-state index in [0.717, 1.165) is 16.5 Å². The number of carbonyl (C=O) groups excluding carboxylic acids is 2. The van der Waals surface area contributed by atoms with Gasteiger partial charge < -0.3 is 20.3 Å². The molecular formula is C20H21N3O3. The van der Waals surface area contributed by atoms with E-state index in [1.54, 1.807) is 18.2 Å². The maximum Gasteiger partial charge on any atom is 0.313 e. The minimum atomic E-state index is -0.906. The summed E-state index contributed by atoms with van der Waals surface area (Å²) in [4.78, 5) is 24.0. The van der Waals surface area contributed by atoms with E-state index in [2.05, 4.69) is 10.6 Å². The van der Waals surface area contributed by atoms with E-state index in [1.165, 1.54) is 0 Å². The Balaban J connectivity index is 1.62. The molecule has 26 heavy (non-hydrogen) atoms. The summed E-state index contributed by atoms with van der Waals surface area (Å²) in [7, 11) is 1.90. The fourth-order valence-electron chi connectivity index (χ4n) is 2.93. The van der Waals surface area contributed by atoms with E-state index in [4.69, 9.17) is 0 Å². The van der Waals surface area contributed by atoms with Gasteiger partial charge >= 0.3 is 11.8 Å². The summed E-state index contributed by atoms with van der Waals surface area (Å²) in [6.45, 7) is 1.85. The minimum Gasteiger partial charge on any atom is -0.386 e. The normalized spacial score (nSPS) is 12.0. The Morgan fingerprint density at radius 1 is 1.12 bits per heavy atom. The zero-order valence-electron chi connectivity index (χ0n) is 14.7. The van der Waals surface area contributed by atoms with Crippen LogP contribution in [0.25, 0.3) is 10.9 Å². The van der Waals surface area contributed by atoms with Crippen molar-refractivity contribution in [3.05, 3.63) is 65.9 Å². The molecule has 3 N–H and O–H groups in total. The van der Waals surface area contributed by atoms with E-state index in [9.17, 15) is 14.7 Å². The van der Waals surface area contributed by atoms with Crippen LogP contribution in [0.1, 0.15) is 17.2 Å². The molecule has 0 radical (unpaired) electrons. The molecule has 0 saturated carbocycles. The molecule has 0 aliphatic rings. The standard InChI is InChI=1S/C20H21N3O3/c1-13-6-5-7-14(10-13)22-20(26)19(25)21-11-18(24)16-12-23(2)17-9-4-3-8-15(16)17/h3-10,12,18,24H,11H2,1-2H3,(H,21,25)(H,22,26). The number of anilines is 1. The van der Waals surface area contributed by atoms with Crippen molar-refractivity contribution in [1.82, 2.24) is 9.88 Å². The largest absolute Gasteiger partial charge is 0.386 e. The third kappa shape index (κ3) is 3.75. The van der Waals surface area contributed by atoms with E-state index < -0.39 is 17.9 Å². The highest BCUT2D eigenvalue weighted by molar-refractivity contribution is 6.39. The molecule has 0 saturated heterocycles. The number of aliphatic hydroxyl groups excluding tert-OH is 1. The molecule has 0 fully saturated rings. The quantitative estimate of drug-likeness (QED) is 0.631. The number of nitrogens with one attached hydrogen (secondary N) is 2. The lowest BCUT2D eigenvalue weighted by Gasteiger charge is -2.11. The van der Waals surface area contributed by atoms with Gasteiger partial charge in [0.1, 0.15) is 0 Å². The van der Waals surface area contributed by atoms with Gasteiger partial charge in [0.2, 0.25) is 0 Å². The fraction of sp³-hybridized carbons (Fsp3) is 0.200. The van der Waals surface area contributed by atoms with Crippen LogP contribution in [-0.2, 0) is 16.6 Å². The van der Waals surface area contributed by atoms with Crippen LogP contribution in [0, 0.1) is 6.92 Å². The minimum absolute atomic E-state index is 0.0475. The van der Waals surface area contributed by atoms with Gasteiger partial charge in [-0.2, -0.15) is 0 Å². The summed E-state index contributed by atoms with van der Waals surface area (Å²) in [6.07, 6.45) is 0.922. The van der Waals surface area contributed by atoms with Gasteiger partial charge in [-0.1, -0.05) is 30.3 Å². The number of rotatable bonds is 4. The van der Waals surface area contributed by atoms with Crippen molar-refractivity contribution in [2.75, 3.05) is 11.9 Å². The smallest absolute Gasteiger partial charge is 0.313 e.